The van der Waals surface area contributed by atoms with Crippen LogP contribution >= 0.6 is 0 Å². The summed E-state index contributed by atoms with van der Waals surface area (Å²) in [5, 5.41) is 2.75. The van der Waals surface area contributed by atoms with Crippen LogP contribution in [0.1, 0.15) is 44.6 Å². The normalized spacial score (nSPS) is 19.5. The molecule has 0 aromatic carbocycles. The van der Waals surface area contributed by atoms with Crippen LogP contribution in [0.15, 0.2) is 18.3 Å². The van der Waals surface area contributed by atoms with Crippen molar-refractivity contribution in [1.29, 1.82) is 0 Å². The molecule has 0 aliphatic carbocycles. The molecule has 6 nitrogen and oxygen atoms in total. The molecule has 7 heteroatoms. The lowest BCUT2D eigenvalue weighted by Crippen LogP contribution is -2.50. The monoisotopic (exact) mass is 339 g/mol. The Hall–Kier alpha value is -1.47. The maximum atomic E-state index is 12.6. The molecule has 0 spiro atoms. The van der Waals surface area contributed by atoms with E-state index in [1.54, 1.807) is 12.3 Å². The van der Waals surface area contributed by atoms with Crippen LogP contribution in [0.25, 0.3) is 0 Å². The van der Waals surface area contributed by atoms with Gasteiger partial charge in [-0.2, -0.15) is 4.31 Å². The Morgan fingerprint density at radius 2 is 2.22 bits per heavy atom. The second kappa shape index (κ2) is 7.88. The number of piperidine rings is 1. The van der Waals surface area contributed by atoms with Gasteiger partial charge in [0.15, 0.2) is 0 Å². The molecule has 0 bridgehead atoms. The zero-order chi connectivity index (χ0) is 16.9. The highest BCUT2D eigenvalue weighted by atomic mass is 32.2. The molecule has 23 heavy (non-hydrogen) atoms. The summed E-state index contributed by atoms with van der Waals surface area (Å²) in [7, 11) is -3.39. The average molecular weight is 339 g/mol. The van der Waals surface area contributed by atoms with E-state index < -0.39 is 16.1 Å². The summed E-state index contributed by atoms with van der Waals surface area (Å²) >= 11 is 0. The molecule has 1 N–H and O–H groups in total. The van der Waals surface area contributed by atoms with Crippen LogP contribution in [-0.2, 0) is 14.8 Å². The number of nitrogens with one attached hydrogen (secondary N) is 1. The first-order valence-electron chi connectivity index (χ1n) is 8.17. The van der Waals surface area contributed by atoms with Gasteiger partial charge in [0.25, 0.3) is 0 Å². The summed E-state index contributed by atoms with van der Waals surface area (Å²) in [5.74, 6) is 0.282. The van der Waals surface area contributed by atoms with E-state index in [1.165, 1.54) is 4.31 Å². The van der Waals surface area contributed by atoms with E-state index in [0.29, 0.717) is 25.2 Å². The third-order valence-electron chi connectivity index (χ3n) is 4.04. The Labute approximate surface area is 138 Å². The number of unbranched alkanes of at least 4 members (excludes halogenated alkanes) is 1. The third kappa shape index (κ3) is 4.75. The lowest BCUT2D eigenvalue weighted by Gasteiger charge is -2.33. The van der Waals surface area contributed by atoms with Gasteiger partial charge in [-0.05, 0) is 43.9 Å². The molecule has 1 saturated heterocycles. The molecule has 128 valence electrons. The number of nitrogens with zero attached hydrogens (tertiary/aromatic N) is 2. The maximum Gasteiger partial charge on any atom is 0.243 e. The number of aryl methyl sites for hydroxylation is 1. The molecule has 0 saturated carbocycles. The minimum absolute atomic E-state index is 0.107. The van der Waals surface area contributed by atoms with Gasteiger partial charge in [0.05, 0.1) is 5.75 Å². The predicted molar refractivity (Wildman–Crippen MR) is 90.6 cm³/mol. The van der Waals surface area contributed by atoms with Crippen LogP contribution < -0.4 is 5.32 Å². The summed E-state index contributed by atoms with van der Waals surface area (Å²) in [6.45, 7) is 4.30. The van der Waals surface area contributed by atoms with Crippen LogP contribution in [-0.4, -0.2) is 42.0 Å². The number of hydrogen-bond acceptors (Lipinski definition) is 4. The van der Waals surface area contributed by atoms with Gasteiger partial charge in [-0.25, -0.2) is 13.4 Å². The van der Waals surface area contributed by atoms with Crippen LogP contribution in [0.2, 0.25) is 0 Å². The standard InChI is InChI=1S/C16H25N3O3S/c1-3-4-11-23(21,22)19-10-6-5-7-14(19)16(20)18-15-12-13(2)8-9-17-15/h8-9,12,14H,3-7,10-11H2,1-2H3,(H,17,18,20)/t14-/m0/s1. The molecule has 1 aliphatic heterocycles. The van der Waals surface area contributed by atoms with Crippen molar-refractivity contribution in [2.45, 2.75) is 52.0 Å². The van der Waals surface area contributed by atoms with Crippen LogP contribution in [0.4, 0.5) is 5.82 Å². The molecular formula is C16H25N3O3S. The fraction of sp³-hybridized carbons (Fsp3) is 0.625. The number of hydrogen-bond donors (Lipinski definition) is 1. The topological polar surface area (TPSA) is 79.4 Å². The molecule has 1 aromatic rings. The van der Waals surface area contributed by atoms with Gasteiger partial charge in [-0.1, -0.05) is 19.8 Å². The Morgan fingerprint density at radius 3 is 2.91 bits per heavy atom. The Morgan fingerprint density at radius 1 is 1.43 bits per heavy atom. The van der Waals surface area contributed by atoms with Crippen molar-refractivity contribution >= 4 is 21.7 Å². The number of amides is 1. The predicted octanol–water partition coefficient (Wildman–Crippen LogP) is 2.31. The first-order valence-corrected chi connectivity index (χ1v) is 9.78. The van der Waals surface area contributed by atoms with Gasteiger partial charge in [0, 0.05) is 12.7 Å². The Balaban J connectivity index is 2.12. The van der Waals surface area contributed by atoms with Gasteiger partial charge in [0.2, 0.25) is 15.9 Å². The number of anilines is 1. The number of aromatic nitrogens is 1. The summed E-state index contributed by atoms with van der Waals surface area (Å²) in [4.78, 5) is 16.7. The molecule has 1 aromatic heterocycles. The van der Waals surface area contributed by atoms with Crippen LogP contribution in [0, 0.1) is 6.92 Å². The fourth-order valence-corrected chi connectivity index (χ4v) is 4.64. The van der Waals surface area contributed by atoms with Gasteiger partial charge in [-0.3, -0.25) is 4.79 Å². The molecule has 0 radical (unpaired) electrons. The van der Waals surface area contributed by atoms with Crippen molar-refractivity contribution < 1.29 is 13.2 Å². The second-order valence-corrected chi connectivity index (χ2v) is 8.04. The quantitative estimate of drug-likeness (QED) is 0.862. The molecule has 1 amide bonds. The fourth-order valence-electron chi connectivity index (χ4n) is 2.76. The molecule has 2 rings (SSSR count). The number of rotatable bonds is 6. The minimum atomic E-state index is -3.39. The van der Waals surface area contributed by atoms with Gasteiger partial charge in [0.1, 0.15) is 11.9 Å². The van der Waals surface area contributed by atoms with Crippen molar-refractivity contribution in [3.63, 3.8) is 0 Å². The zero-order valence-electron chi connectivity index (χ0n) is 13.8. The lowest BCUT2D eigenvalue weighted by molar-refractivity contribution is -0.120. The smallest absolute Gasteiger partial charge is 0.243 e. The van der Waals surface area contributed by atoms with E-state index in [1.807, 2.05) is 19.9 Å². The maximum absolute atomic E-state index is 12.6. The summed E-state index contributed by atoms with van der Waals surface area (Å²) in [6.07, 6.45) is 5.28. The average Bonchev–Trinajstić information content (AvgIpc) is 2.53. The molecular weight excluding hydrogens is 314 g/mol. The van der Waals surface area contributed by atoms with Crippen LogP contribution in [0.5, 0.6) is 0 Å². The Kier molecular flexibility index (Phi) is 6.12. The number of sulfonamides is 1. The second-order valence-electron chi connectivity index (χ2n) is 6.00. The number of carbonyl (C=O) groups excluding carboxylic acids is 1. The zero-order valence-corrected chi connectivity index (χ0v) is 14.6. The van der Waals surface area contributed by atoms with E-state index in [9.17, 15) is 13.2 Å². The van der Waals surface area contributed by atoms with Gasteiger partial charge in [-0.15, -0.1) is 0 Å². The largest absolute Gasteiger partial charge is 0.309 e. The molecule has 1 atom stereocenters. The van der Waals surface area contributed by atoms with E-state index in [-0.39, 0.29) is 11.7 Å². The van der Waals surface area contributed by atoms with Crippen molar-refractivity contribution in [2.75, 3.05) is 17.6 Å². The summed E-state index contributed by atoms with van der Waals surface area (Å²) in [5.41, 5.74) is 0.992. The van der Waals surface area contributed by atoms with E-state index in [2.05, 4.69) is 10.3 Å². The van der Waals surface area contributed by atoms with E-state index in [4.69, 9.17) is 0 Å². The lowest BCUT2D eigenvalue weighted by atomic mass is 10.0. The highest BCUT2D eigenvalue weighted by Crippen LogP contribution is 2.22. The SMILES string of the molecule is CCCCS(=O)(=O)N1CCCC[C@H]1C(=O)Nc1cc(C)ccn1. The molecule has 1 aliphatic rings. The van der Waals surface area contributed by atoms with Crippen molar-refractivity contribution in [3.05, 3.63) is 23.9 Å². The Bertz CT molecular complexity index is 646. The summed E-state index contributed by atoms with van der Waals surface area (Å²) in [6, 6.07) is 2.99. The number of pyridine rings is 1. The molecule has 0 unspecified atom stereocenters. The summed E-state index contributed by atoms with van der Waals surface area (Å²) < 4.78 is 26.4. The van der Waals surface area contributed by atoms with Crippen molar-refractivity contribution in [1.82, 2.24) is 9.29 Å². The van der Waals surface area contributed by atoms with E-state index >= 15 is 0 Å². The van der Waals surface area contributed by atoms with Crippen molar-refractivity contribution in [2.24, 2.45) is 0 Å². The highest BCUT2D eigenvalue weighted by molar-refractivity contribution is 7.89. The first kappa shape index (κ1) is 17.9. The van der Waals surface area contributed by atoms with Crippen molar-refractivity contribution in [3.8, 4) is 0 Å². The van der Waals surface area contributed by atoms with E-state index in [0.717, 1.165) is 24.8 Å². The third-order valence-corrected chi connectivity index (χ3v) is 5.99. The molecule has 1 fully saturated rings. The highest BCUT2D eigenvalue weighted by Gasteiger charge is 2.36. The minimum Gasteiger partial charge on any atom is -0.309 e. The first-order chi connectivity index (χ1) is 10.9. The van der Waals surface area contributed by atoms with Gasteiger partial charge >= 0.3 is 0 Å². The molecule has 2 heterocycles. The van der Waals surface area contributed by atoms with Gasteiger partial charge < -0.3 is 5.32 Å². The number of carbonyl (C=O) groups is 1. The van der Waals surface area contributed by atoms with Crippen LogP contribution in [0.3, 0.4) is 0 Å².